The van der Waals surface area contributed by atoms with E-state index in [1.165, 1.54) is 11.0 Å². The third kappa shape index (κ3) is 5.40. The van der Waals surface area contributed by atoms with Crippen molar-refractivity contribution in [3.63, 3.8) is 0 Å². The summed E-state index contributed by atoms with van der Waals surface area (Å²) in [5.41, 5.74) is 8.75. The number of benzene rings is 2. The Morgan fingerprint density at radius 2 is 1.51 bits per heavy atom. The lowest BCUT2D eigenvalue weighted by Gasteiger charge is -2.28. The van der Waals surface area contributed by atoms with Crippen LogP contribution >= 0.6 is 0 Å². The molecule has 0 saturated carbocycles. The van der Waals surface area contributed by atoms with Crippen LogP contribution in [-0.4, -0.2) is 66.0 Å². The zero-order valence-electron chi connectivity index (χ0n) is 19.6. The van der Waals surface area contributed by atoms with Crippen LogP contribution in [0.15, 0.2) is 36.4 Å². The molecule has 0 fully saturated rings. The fourth-order valence-electron chi connectivity index (χ4n) is 4.24. The summed E-state index contributed by atoms with van der Waals surface area (Å²) >= 11 is 0. The Morgan fingerprint density at radius 3 is 2.06 bits per heavy atom. The molecule has 1 unspecified atom stereocenters. The molecule has 12 heteroatoms. The van der Waals surface area contributed by atoms with Gasteiger partial charge in [-0.05, 0) is 52.2 Å². The van der Waals surface area contributed by atoms with Gasteiger partial charge in [-0.25, -0.2) is 0 Å². The van der Waals surface area contributed by atoms with Crippen molar-refractivity contribution in [3.8, 4) is 0 Å². The summed E-state index contributed by atoms with van der Waals surface area (Å²) in [5.74, 6) is -1.64. The highest BCUT2D eigenvalue weighted by Gasteiger charge is 2.31. The number of nitrogens with zero attached hydrogens (tertiary/aromatic N) is 1. The zero-order valence-corrected chi connectivity index (χ0v) is 19.6. The molecular formula is C23H27B2N3O7. The van der Waals surface area contributed by atoms with Crippen LogP contribution in [0.2, 0.25) is 0 Å². The Labute approximate surface area is 203 Å². The molecule has 2 aromatic rings. The average Bonchev–Trinajstić information content (AvgIpc) is 3.38. The summed E-state index contributed by atoms with van der Waals surface area (Å²) in [7, 11) is -2.20. The van der Waals surface area contributed by atoms with Crippen molar-refractivity contribution in [2.45, 2.75) is 33.1 Å². The lowest BCUT2D eigenvalue weighted by molar-refractivity contribution is -0.120. The Kier molecular flexibility index (Phi) is 7.27. The molecule has 0 spiro atoms. The first-order chi connectivity index (χ1) is 16.6. The van der Waals surface area contributed by atoms with E-state index in [4.69, 9.17) is 15.0 Å². The summed E-state index contributed by atoms with van der Waals surface area (Å²) in [6, 6.07) is 8.57. The number of hydrogen-bond acceptors (Lipinski definition) is 7. The number of amides is 3. The molecule has 4 rings (SSSR count). The van der Waals surface area contributed by atoms with Crippen molar-refractivity contribution in [1.29, 1.82) is 0 Å². The van der Waals surface area contributed by atoms with E-state index in [0.29, 0.717) is 23.0 Å². The van der Waals surface area contributed by atoms with Crippen molar-refractivity contribution in [1.82, 2.24) is 10.2 Å². The predicted octanol–water partition coefficient (Wildman–Crippen LogP) is -1.50. The number of carbonyl (C=O) groups excluding carboxylic acids is 3. The normalized spacial score (nSPS) is 15.1. The Hall–Kier alpha value is -3.18. The minimum atomic E-state index is -1.15. The van der Waals surface area contributed by atoms with Crippen molar-refractivity contribution in [2.75, 3.05) is 13.1 Å². The molecule has 2 aliphatic rings. The van der Waals surface area contributed by atoms with Gasteiger partial charge in [0, 0.05) is 17.7 Å². The fourth-order valence-corrected chi connectivity index (χ4v) is 4.24. The summed E-state index contributed by atoms with van der Waals surface area (Å²) in [6.45, 7) is 4.55. The second-order valence-electron chi connectivity index (χ2n) is 9.19. The van der Waals surface area contributed by atoms with Crippen LogP contribution in [0.5, 0.6) is 0 Å². The van der Waals surface area contributed by atoms with Gasteiger partial charge in [-0.15, -0.1) is 0 Å². The molecule has 182 valence electrons. The molecule has 2 aliphatic heterocycles. The highest BCUT2D eigenvalue weighted by Crippen LogP contribution is 2.15. The molecule has 0 saturated heterocycles. The maximum Gasteiger partial charge on any atom is 0.491 e. The first kappa shape index (κ1) is 24.9. The molecule has 10 nitrogen and oxygen atoms in total. The van der Waals surface area contributed by atoms with E-state index in [1.807, 2.05) is 13.8 Å². The van der Waals surface area contributed by atoms with E-state index in [0.717, 1.165) is 11.1 Å². The van der Waals surface area contributed by atoms with Crippen LogP contribution in [0.1, 0.15) is 45.7 Å². The van der Waals surface area contributed by atoms with E-state index in [9.17, 15) is 24.4 Å². The topological polar surface area (TPSA) is 151 Å². The van der Waals surface area contributed by atoms with Crippen LogP contribution in [0.4, 0.5) is 0 Å². The summed E-state index contributed by atoms with van der Waals surface area (Å²) in [4.78, 5) is 40.0. The second kappa shape index (κ2) is 10.2. The van der Waals surface area contributed by atoms with Gasteiger partial charge in [-0.1, -0.05) is 26.0 Å². The van der Waals surface area contributed by atoms with Gasteiger partial charge in [-0.3, -0.25) is 14.4 Å². The standard InChI is InChI=1S/C23H27B2N3O7/c1-13(2)9-28(23(31)15-4-6-17-12-35-25(33)19(17)8-15)10-20(21(26)29)27-22(30)14-3-5-16-11-34-24(32)18(16)7-14/h3-8,13,20,32-33H,9-12H2,1-2H3,(H2,26,29)(H,27,30). The number of rotatable bonds is 8. The highest BCUT2D eigenvalue weighted by atomic mass is 16.5. The molecule has 0 radical (unpaired) electrons. The van der Waals surface area contributed by atoms with Crippen LogP contribution in [-0.2, 0) is 27.3 Å². The van der Waals surface area contributed by atoms with Gasteiger partial charge in [0.15, 0.2) is 0 Å². The zero-order chi connectivity index (χ0) is 25.3. The molecule has 35 heavy (non-hydrogen) atoms. The van der Waals surface area contributed by atoms with Crippen molar-refractivity contribution < 1.29 is 33.7 Å². The van der Waals surface area contributed by atoms with E-state index >= 15 is 0 Å². The maximum absolute atomic E-state index is 13.4. The molecule has 0 aliphatic carbocycles. The lowest BCUT2D eigenvalue weighted by atomic mass is 9.78. The van der Waals surface area contributed by atoms with E-state index in [2.05, 4.69) is 5.32 Å². The highest BCUT2D eigenvalue weighted by molar-refractivity contribution is 6.62. The third-order valence-electron chi connectivity index (χ3n) is 6.05. The number of primary amides is 1. The first-order valence-corrected chi connectivity index (χ1v) is 11.4. The number of nitrogens with one attached hydrogen (secondary N) is 1. The average molecular weight is 479 g/mol. The van der Waals surface area contributed by atoms with E-state index < -0.39 is 32.1 Å². The van der Waals surface area contributed by atoms with Crippen LogP contribution in [0, 0.1) is 5.92 Å². The molecular weight excluding hydrogens is 452 g/mol. The smallest absolute Gasteiger partial charge is 0.423 e. The quantitative estimate of drug-likeness (QED) is 0.337. The van der Waals surface area contributed by atoms with Crippen LogP contribution in [0.3, 0.4) is 0 Å². The van der Waals surface area contributed by atoms with Gasteiger partial charge in [-0.2, -0.15) is 0 Å². The number of nitrogens with two attached hydrogens (primary N) is 1. The summed E-state index contributed by atoms with van der Waals surface area (Å²) < 4.78 is 10.3. The number of hydrogen-bond donors (Lipinski definition) is 4. The Morgan fingerprint density at radius 1 is 0.971 bits per heavy atom. The molecule has 0 aromatic heterocycles. The number of carbonyl (C=O) groups is 3. The first-order valence-electron chi connectivity index (χ1n) is 11.4. The monoisotopic (exact) mass is 479 g/mol. The van der Waals surface area contributed by atoms with Gasteiger partial charge in [0.25, 0.3) is 11.8 Å². The van der Waals surface area contributed by atoms with Crippen LogP contribution < -0.4 is 22.0 Å². The van der Waals surface area contributed by atoms with Gasteiger partial charge in [0.2, 0.25) is 5.91 Å². The maximum atomic E-state index is 13.4. The summed E-state index contributed by atoms with van der Waals surface area (Å²) in [6.07, 6.45) is 0. The second-order valence-corrected chi connectivity index (χ2v) is 9.19. The third-order valence-corrected chi connectivity index (χ3v) is 6.05. The fraction of sp³-hybridized carbons (Fsp3) is 0.348. The Bertz CT molecular complexity index is 1160. The molecule has 5 N–H and O–H groups in total. The van der Waals surface area contributed by atoms with Gasteiger partial charge in [0.1, 0.15) is 6.04 Å². The number of fused-ring (bicyclic) bond motifs is 2. The minimum Gasteiger partial charge on any atom is -0.423 e. The minimum absolute atomic E-state index is 0.0738. The lowest BCUT2D eigenvalue weighted by Crippen LogP contribution is -2.53. The SMILES string of the molecule is CC(C)CN(CC(NC(=O)c1ccc2c(c1)B(O)OC2)C(N)=O)C(=O)c1ccc2c(c1)B(O)OC2. The molecule has 1 atom stereocenters. The van der Waals surface area contributed by atoms with E-state index in [1.54, 1.807) is 30.3 Å². The van der Waals surface area contributed by atoms with Crippen LogP contribution in [0.25, 0.3) is 0 Å². The largest absolute Gasteiger partial charge is 0.491 e. The van der Waals surface area contributed by atoms with Crippen molar-refractivity contribution in [2.24, 2.45) is 11.7 Å². The van der Waals surface area contributed by atoms with Crippen molar-refractivity contribution >= 4 is 42.9 Å². The summed E-state index contributed by atoms with van der Waals surface area (Å²) in [5, 5.41) is 22.5. The molecule has 2 heterocycles. The molecule has 3 amide bonds. The van der Waals surface area contributed by atoms with Gasteiger partial charge >= 0.3 is 14.2 Å². The predicted molar refractivity (Wildman–Crippen MR) is 129 cm³/mol. The van der Waals surface area contributed by atoms with Gasteiger partial charge < -0.3 is 35.3 Å². The Balaban J connectivity index is 1.52. The molecule has 0 bridgehead atoms. The van der Waals surface area contributed by atoms with Gasteiger partial charge in [0.05, 0.1) is 19.8 Å². The van der Waals surface area contributed by atoms with E-state index in [-0.39, 0.29) is 37.1 Å². The molecule has 2 aromatic carbocycles. The van der Waals surface area contributed by atoms with Crippen molar-refractivity contribution in [3.05, 3.63) is 58.7 Å².